The first-order chi connectivity index (χ1) is 9.68. The van der Waals surface area contributed by atoms with Crippen molar-refractivity contribution >= 4 is 31.6 Å². The number of rotatable bonds is 3. The van der Waals surface area contributed by atoms with Gasteiger partial charge in [-0.3, -0.25) is 0 Å². The Labute approximate surface area is 127 Å². The smallest absolute Gasteiger partial charge is 0.241 e. The Bertz CT molecular complexity index is 812. The second-order valence-corrected chi connectivity index (χ2v) is 6.50. The second kappa shape index (κ2) is 5.58. The van der Waals surface area contributed by atoms with Gasteiger partial charge in [-0.15, -0.1) is 0 Å². The lowest BCUT2D eigenvalue weighted by Gasteiger charge is -2.11. The summed E-state index contributed by atoms with van der Waals surface area (Å²) < 4.78 is 55.3. The van der Waals surface area contributed by atoms with E-state index in [0.29, 0.717) is 0 Å². The topological polar surface area (TPSA) is 95.4 Å². The highest BCUT2D eigenvalue weighted by molar-refractivity contribution is 9.10. The summed E-state index contributed by atoms with van der Waals surface area (Å²) in [7, 11) is -4.14. The van der Waals surface area contributed by atoms with Gasteiger partial charge in [-0.05, 0) is 30.3 Å². The van der Waals surface area contributed by atoms with Crippen LogP contribution >= 0.6 is 15.9 Å². The number of nitrogen functional groups attached to an aromatic ring is 1. The zero-order chi connectivity index (χ0) is 15.8. The van der Waals surface area contributed by atoms with Crippen molar-refractivity contribution in [3.8, 4) is 11.5 Å². The number of primary sulfonamides is 1. The molecule has 0 fully saturated rings. The van der Waals surface area contributed by atoms with Gasteiger partial charge in [0.25, 0.3) is 0 Å². The number of anilines is 1. The maximum Gasteiger partial charge on any atom is 0.241 e. The third-order valence-electron chi connectivity index (χ3n) is 2.45. The Balaban J connectivity index is 2.55. The second-order valence-electron chi connectivity index (χ2n) is 4.05. The van der Waals surface area contributed by atoms with Crippen LogP contribution in [0.1, 0.15) is 0 Å². The highest BCUT2D eigenvalue weighted by atomic mass is 79.9. The van der Waals surface area contributed by atoms with Crippen molar-refractivity contribution < 1.29 is 21.9 Å². The molecule has 9 heteroatoms. The van der Waals surface area contributed by atoms with Crippen molar-refractivity contribution in [2.24, 2.45) is 5.14 Å². The van der Waals surface area contributed by atoms with Crippen LogP contribution in [0, 0.1) is 11.6 Å². The first-order valence-corrected chi connectivity index (χ1v) is 7.77. The molecule has 0 bridgehead atoms. The molecule has 0 saturated carbocycles. The first kappa shape index (κ1) is 15.7. The number of hydrogen-bond donors (Lipinski definition) is 2. The summed E-state index contributed by atoms with van der Waals surface area (Å²) in [4.78, 5) is -0.428. The molecule has 0 aliphatic rings. The average Bonchev–Trinajstić information content (AvgIpc) is 2.36. The van der Waals surface area contributed by atoms with E-state index in [4.69, 9.17) is 15.6 Å². The number of ether oxygens (including phenoxy) is 1. The molecule has 0 aromatic heterocycles. The van der Waals surface area contributed by atoms with Crippen LogP contribution in [-0.2, 0) is 10.0 Å². The molecule has 0 aliphatic heterocycles. The van der Waals surface area contributed by atoms with Crippen molar-refractivity contribution in [1.82, 2.24) is 0 Å². The molecule has 0 heterocycles. The summed E-state index contributed by atoms with van der Waals surface area (Å²) in [5.41, 5.74) is 5.61. The molecule has 0 radical (unpaired) electrons. The lowest BCUT2D eigenvalue weighted by atomic mass is 10.3. The maximum absolute atomic E-state index is 13.6. The van der Waals surface area contributed by atoms with Gasteiger partial charge in [0.2, 0.25) is 15.8 Å². The quantitative estimate of drug-likeness (QED) is 0.633. The van der Waals surface area contributed by atoms with Gasteiger partial charge in [0.15, 0.2) is 11.6 Å². The van der Waals surface area contributed by atoms with Gasteiger partial charge in [0.1, 0.15) is 10.6 Å². The molecule has 21 heavy (non-hydrogen) atoms. The van der Waals surface area contributed by atoms with E-state index in [9.17, 15) is 17.2 Å². The Morgan fingerprint density at radius 2 is 1.76 bits per heavy atom. The lowest BCUT2D eigenvalue weighted by molar-refractivity contribution is 0.408. The predicted molar refractivity (Wildman–Crippen MR) is 76.4 cm³/mol. The summed E-state index contributed by atoms with van der Waals surface area (Å²) in [5.74, 6) is -3.15. The molecule has 2 aromatic rings. The molecule has 2 rings (SSSR count). The molecule has 0 aliphatic carbocycles. The molecule has 0 atom stereocenters. The highest BCUT2D eigenvalue weighted by Gasteiger charge is 2.19. The molecule has 112 valence electrons. The molecule has 5 nitrogen and oxygen atoms in total. The number of nitrogens with two attached hydrogens (primary N) is 2. The number of benzene rings is 2. The molecule has 0 unspecified atom stereocenters. The third-order valence-corrected chi connectivity index (χ3v) is 3.84. The van der Waals surface area contributed by atoms with E-state index < -0.39 is 32.3 Å². The third kappa shape index (κ3) is 3.49. The minimum atomic E-state index is -4.14. The van der Waals surface area contributed by atoms with E-state index in [2.05, 4.69) is 15.9 Å². The average molecular weight is 379 g/mol. The van der Waals surface area contributed by atoms with Gasteiger partial charge in [-0.2, -0.15) is 4.39 Å². The van der Waals surface area contributed by atoms with Crippen molar-refractivity contribution in [2.75, 3.05) is 5.73 Å². The van der Waals surface area contributed by atoms with Gasteiger partial charge < -0.3 is 10.5 Å². The van der Waals surface area contributed by atoms with E-state index in [-0.39, 0.29) is 15.9 Å². The first-order valence-electron chi connectivity index (χ1n) is 5.43. The Morgan fingerprint density at radius 1 is 1.10 bits per heavy atom. The normalized spacial score (nSPS) is 11.4. The monoisotopic (exact) mass is 378 g/mol. The van der Waals surface area contributed by atoms with Crippen molar-refractivity contribution in [1.29, 1.82) is 0 Å². The molecular weight excluding hydrogens is 370 g/mol. The van der Waals surface area contributed by atoms with Gasteiger partial charge in [0.05, 0.1) is 0 Å². The van der Waals surface area contributed by atoms with E-state index in [1.165, 1.54) is 12.1 Å². The Kier molecular flexibility index (Phi) is 4.17. The van der Waals surface area contributed by atoms with Crippen LogP contribution in [0.5, 0.6) is 11.5 Å². The van der Waals surface area contributed by atoms with Crippen LogP contribution in [0.3, 0.4) is 0 Å². The molecule has 0 spiro atoms. The molecule has 2 aromatic carbocycles. The zero-order valence-electron chi connectivity index (χ0n) is 10.3. The standard InChI is InChI=1S/C12H9BrF2N2O3S/c13-6-3-8(14)12(15)10(4-6)20-9-2-1-7(16)5-11(9)21(17,18)19/h1-5H,16H2,(H2,17,18,19). The van der Waals surface area contributed by atoms with Crippen LogP contribution in [0.15, 0.2) is 39.7 Å². The van der Waals surface area contributed by atoms with Crippen LogP contribution in [0.4, 0.5) is 14.5 Å². The fourth-order valence-corrected chi connectivity index (χ4v) is 2.66. The fraction of sp³-hybridized carbons (Fsp3) is 0. The summed E-state index contributed by atoms with van der Waals surface area (Å²) >= 11 is 2.98. The molecular formula is C12H9BrF2N2O3S. The minimum Gasteiger partial charge on any atom is -0.453 e. The van der Waals surface area contributed by atoms with Gasteiger partial charge in [0, 0.05) is 10.2 Å². The molecule has 0 amide bonds. The van der Waals surface area contributed by atoms with E-state index in [1.54, 1.807) is 0 Å². The number of sulfonamides is 1. The van der Waals surface area contributed by atoms with E-state index in [0.717, 1.165) is 18.2 Å². The summed E-state index contributed by atoms with van der Waals surface area (Å²) in [6.45, 7) is 0. The summed E-state index contributed by atoms with van der Waals surface area (Å²) in [6.07, 6.45) is 0. The van der Waals surface area contributed by atoms with Crippen LogP contribution in [-0.4, -0.2) is 8.42 Å². The Morgan fingerprint density at radius 3 is 2.38 bits per heavy atom. The largest absolute Gasteiger partial charge is 0.453 e. The number of hydrogen-bond acceptors (Lipinski definition) is 4. The number of halogens is 3. The molecule has 0 saturated heterocycles. The lowest BCUT2D eigenvalue weighted by Crippen LogP contribution is -2.13. The van der Waals surface area contributed by atoms with E-state index in [1.807, 2.05) is 0 Å². The fourth-order valence-electron chi connectivity index (χ4n) is 1.56. The minimum absolute atomic E-state index is 0.132. The maximum atomic E-state index is 13.6. The van der Waals surface area contributed by atoms with Gasteiger partial charge in [-0.1, -0.05) is 15.9 Å². The van der Waals surface area contributed by atoms with Crippen LogP contribution in [0.2, 0.25) is 0 Å². The van der Waals surface area contributed by atoms with E-state index >= 15 is 0 Å². The summed E-state index contributed by atoms with van der Waals surface area (Å²) in [5, 5.41) is 5.04. The zero-order valence-corrected chi connectivity index (χ0v) is 12.7. The van der Waals surface area contributed by atoms with Gasteiger partial charge in [-0.25, -0.2) is 17.9 Å². The Hall–Kier alpha value is -1.71. The van der Waals surface area contributed by atoms with Crippen molar-refractivity contribution in [2.45, 2.75) is 4.90 Å². The highest BCUT2D eigenvalue weighted by Crippen LogP contribution is 2.33. The van der Waals surface area contributed by atoms with Crippen molar-refractivity contribution in [3.63, 3.8) is 0 Å². The SMILES string of the molecule is Nc1ccc(Oc2cc(Br)cc(F)c2F)c(S(N)(=O)=O)c1. The van der Waals surface area contributed by atoms with Crippen molar-refractivity contribution in [3.05, 3.63) is 46.4 Å². The summed E-state index contributed by atoms with van der Waals surface area (Å²) in [6, 6.07) is 5.67. The van der Waals surface area contributed by atoms with Crippen LogP contribution in [0.25, 0.3) is 0 Å². The van der Waals surface area contributed by atoms with Gasteiger partial charge >= 0.3 is 0 Å². The predicted octanol–water partition coefficient (Wildman–Crippen LogP) is 2.75. The van der Waals surface area contributed by atoms with Crippen LogP contribution < -0.4 is 15.6 Å². The molecule has 4 N–H and O–H groups in total.